The van der Waals surface area contributed by atoms with Gasteiger partial charge in [0.05, 0.1) is 4.90 Å². The molecule has 2 N–H and O–H groups in total. The Hall–Kier alpha value is -2.98. The fourth-order valence-corrected chi connectivity index (χ4v) is 3.24. The largest absolute Gasteiger partial charge is 0.321 e. The van der Waals surface area contributed by atoms with Gasteiger partial charge in [-0.15, -0.1) is 10.2 Å². The van der Waals surface area contributed by atoms with Gasteiger partial charge in [0.25, 0.3) is 15.9 Å². The SMILES string of the molecule is CCn1ccc(C(=O)Nc2ccc(S(=O)(=O)Nc3ccc(Cl)nn3)cc2)n1. The van der Waals surface area contributed by atoms with Crippen LogP contribution in [0.3, 0.4) is 0 Å². The van der Waals surface area contributed by atoms with Crippen LogP contribution in [0.4, 0.5) is 11.5 Å². The fraction of sp³-hybridized carbons (Fsp3) is 0.125. The Labute approximate surface area is 160 Å². The van der Waals surface area contributed by atoms with Crippen molar-refractivity contribution >= 4 is 39.0 Å². The van der Waals surface area contributed by atoms with Crippen molar-refractivity contribution in [1.29, 1.82) is 0 Å². The van der Waals surface area contributed by atoms with E-state index in [-0.39, 0.29) is 27.5 Å². The van der Waals surface area contributed by atoms with Crippen molar-refractivity contribution < 1.29 is 13.2 Å². The van der Waals surface area contributed by atoms with Crippen LogP contribution < -0.4 is 10.0 Å². The predicted molar refractivity (Wildman–Crippen MR) is 100 cm³/mol. The molecule has 0 saturated heterocycles. The van der Waals surface area contributed by atoms with Crippen LogP contribution in [-0.2, 0) is 16.6 Å². The molecule has 9 nitrogen and oxygen atoms in total. The second-order valence-electron chi connectivity index (χ2n) is 5.38. The number of aryl methyl sites for hydroxylation is 1. The van der Waals surface area contributed by atoms with Crippen molar-refractivity contribution in [2.75, 3.05) is 10.0 Å². The lowest BCUT2D eigenvalue weighted by Crippen LogP contribution is -2.15. The van der Waals surface area contributed by atoms with Gasteiger partial charge in [0, 0.05) is 18.4 Å². The van der Waals surface area contributed by atoms with Crippen LogP contribution in [0.1, 0.15) is 17.4 Å². The second-order valence-corrected chi connectivity index (χ2v) is 7.45. The maximum atomic E-state index is 12.4. The maximum absolute atomic E-state index is 12.4. The molecular formula is C16H15ClN6O3S. The van der Waals surface area contributed by atoms with E-state index in [1.165, 1.54) is 36.4 Å². The highest BCUT2D eigenvalue weighted by atomic mass is 35.5. The summed E-state index contributed by atoms with van der Waals surface area (Å²) in [5.41, 5.74) is 0.716. The van der Waals surface area contributed by atoms with Crippen LogP contribution in [0.5, 0.6) is 0 Å². The van der Waals surface area contributed by atoms with E-state index >= 15 is 0 Å². The van der Waals surface area contributed by atoms with Crippen molar-refractivity contribution in [3.05, 3.63) is 59.5 Å². The third-order valence-electron chi connectivity index (χ3n) is 3.49. The summed E-state index contributed by atoms with van der Waals surface area (Å²) in [6.07, 6.45) is 1.70. The average Bonchev–Trinajstić information content (AvgIpc) is 3.13. The molecule has 1 amide bonds. The molecule has 140 valence electrons. The van der Waals surface area contributed by atoms with E-state index in [4.69, 9.17) is 11.6 Å². The smallest absolute Gasteiger partial charge is 0.276 e. The van der Waals surface area contributed by atoms with Crippen LogP contribution in [-0.4, -0.2) is 34.3 Å². The van der Waals surface area contributed by atoms with E-state index in [9.17, 15) is 13.2 Å². The first-order chi connectivity index (χ1) is 12.9. The summed E-state index contributed by atoms with van der Waals surface area (Å²) in [6, 6.07) is 10.1. The molecule has 0 saturated carbocycles. The van der Waals surface area contributed by atoms with Gasteiger partial charge in [-0.3, -0.25) is 14.2 Å². The number of hydrogen-bond acceptors (Lipinski definition) is 6. The second kappa shape index (κ2) is 7.72. The van der Waals surface area contributed by atoms with E-state index in [1.807, 2.05) is 6.92 Å². The molecule has 1 aromatic carbocycles. The van der Waals surface area contributed by atoms with Gasteiger partial charge in [0.1, 0.15) is 0 Å². The molecule has 27 heavy (non-hydrogen) atoms. The zero-order valence-electron chi connectivity index (χ0n) is 14.1. The highest BCUT2D eigenvalue weighted by Crippen LogP contribution is 2.18. The molecule has 3 rings (SSSR count). The fourth-order valence-electron chi connectivity index (χ4n) is 2.14. The van der Waals surface area contributed by atoms with Gasteiger partial charge in [-0.05, 0) is 49.4 Å². The van der Waals surface area contributed by atoms with Gasteiger partial charge in [0.15, 0.2) is 16.7 Å². The van der Waals surface area contributed by atoms with Crippen molar-refractivity contribution in [3.63, 3.8) is 0 Å². The van der Waals surface area contributed by atoms with Crippen LogP contribution in [0.15, 0.2) is 53.6 Å². The Bertz CT molecular complexity index is 1050. The number of aromatic nitrogens is 4. The van der Waals surface area contributed by atoms with Crippen molar-refractivity contribution in [1.82, 2.24) is 20.0 Å². The quantitative estimate of drug-likeness (QED) is 0.648. The Morgan fingerprint density at radius 1 is 1.11 bits per heavy atom. The number of benzene rings is 1. The standard InChI is InChI=1S/C16H15ClN6O3S/c1-2-23-10-9-13(21-23)16(24)18-11-3-5-12(6-4-11)27(25,26)22-15-8-7-14(17)19-20-15/h3-10H,2H2,1H3,(H,18,24)(H,20,22). The summed E-state index contributed by atoms with van der Waals surface area (Å²) in [7, 11) is -3.85. The first-order valence-electron chi connectivity index (χ1n) is 7.84. The van der Waals surface area contributed by atoms with E-state index in [0.29, 0.717) is 12.2 Å². The molecule has 2 heterocycles. The summed E-state index contributed by atoms with van der Waals surface area (Å²) in [6.45, 7) is 2.57. The first-order valence-corrected chi connectivity index (χ1v) is 9.70. The summed E-state index contributed by atoms with van der Waals surface area (Å²) >= 11 is 5.62. The van der Waals surface area contributed by atoms with Crippen molar-refractivity contribution in [3.8, 4) is 0 Å². The van der Waals surface area contributed by atoms with Gasteiger partial charge in [-0.1, -0.05) is 11.6 Å². The number of rotatable bonds is 6. The monoisotopic (exact) mass is 406 g/mol. The molecule has 0 aliphatic carbocycles. The number of carbonyl (C=O) groups excluding carboxylic acids is 1. The van der Waals surface area contributed by atoms with Crippen LogP contribution in [0.25, 0.3) is 0 Å². The van der Waals surface area contributed by atoms with E-state index in [0.717, 1.165) is 0 Å². The summed E-state index contributed by atoms with van der Waals surface area (Å²) in [5, 5.41) is 14.2. The predicted octanol–water partition coefficient (Wildman–Crippen LogP) is 2.40. The minimum absolute atomic E-state index is 0.00695. The normalized spacial score (nSPS) is 11.2. The molecule has 0 fully saturated rings. The molecule has 0 aliphatic rings. The van der Waals surface area contributed by atoms with Crippen LogP contribution >= 0.6 is 11.6 Å². The lowest BCUT2D eigenvalue weighted by molar-refractivity contribution is 0.102. The number of anilines is 2. The molecule has 0 spiro atoms. The zero-order chi connectivity index (χ0) is 19.4. The lowest BCUT2D eigenvalue weighted by atomic mass is 10.3. The Morgan fingerprint density at radius 3 is 2.44 bits per heavy atom. The minimum Gasteiger partial charge on any atom is -0.321 e. The van der Waals surface area contributed by atoms with Gasteiger partial charge < -0.3 is 5.32 Å². The van der Waals surface area contributed by atoms with Gasteiger partial charge in [-0.25, -0.2) is 8.42 Å². The minimum atomic E-state index is -3.85. The Kier molecular flexibility index (Phi) is 5.38. The third kappa shape index (κ3) is 4.60. The zero-order valence-corrected chi connectivity index (χ0v) is 15.7. The van der Waals surface area contributed by atoms with Crippen LogP contribution in [0.2, 0.25) is 5.15 Å². The van der Waals surface area contributed by atoms with Gasteiger partial charge in [-0.2, -0.15) is 5.10 Å². The summed E-state index contributed by atoms with van der Waals surface area (Å²) in [5.74, 6) is -0.337. The number of amides is 1. The number of carbonyl (C=O) groups is 1. The molecule has 2 aromatic heterocycles. The van der Waals surface area contributed by atoms with Gasteiger partial charge in [0.2, 0.25) is 0 Å². The van der Waals surface area contributed by atoms with E-state index in [1.54, 1.807) is 16.9 Å². The van der Waals surface area contributed by atoms with Crippen LogP contribution in [0, 0.1) is 0 Å². The highest BCUT2D eigenvalue weighted by Gasteiger charge is 2.16. The average molecular weight is 407 g/mol. The number of nitrogens with one attached hydrogen (secondary N) is 2. The molecular weight excluding hydrogens is 392 g/mol. The van der Waals surface area contributed by atoms with Crippen molar-refractivity contribution in [2.45, 2.75) is 18.4 Å². The lowest BCUT2D eigenvalue weighted by Gasteiger charge is -2.08. The Morgan fingerprint density at radius 2 is 1.85 bits per heavy atom. The Balaban J connectivity index is 1.70. The summed E-state index contributed by atoms with van der Waals surface area (Å²) in [4.78, 5) is 12.2. The number of nitrogens with zero attached hydrogens (tertiary/aromatic N) is 4. The number of halogens is 1. The molecule has 3 aromatic rings. The number of sulfonamides is 1. The molecule has 0 bridgehead atoms. The van der Waals surface area contributed by atoms with E-state index < -0.39 is 10.0 Å². The molecule has 0 radical (unpaired) electrons. The first kappa shape index (κ1) is 18.8. The number of hydrogen-bond donors (Lipinski definition) is 2. The van der Waals surface area contributed by atoms with Gasteiger partial charge >= 0.3 is 0 Å². The summed E-state index contributed by atoms with van der Waals surface area (Å²) < 4.78 is 28.7. The molecule has 0 atom stereocenters. The molecule has 11 heteroatoms. The highest BCUT2D eigenvalue weighted by molar-refractivity contribution is 7.92. The topological polar surface area (TPSA) is 119 Å². The maximum Gasteiger partial charge on any atom is 0.276 e. The third-order valence-corrected chi connectivity index (χ3v) is 5.06. The molecule has 0 unspecified atom stereocenters. The van der Waals surface area contributed by atoms with Crippen molar-refractivity contribution in [2.24, 2.45) is 0 Å². The van der Waals surface area contributed by atoms with E-state index in [2.05, 4.69) is 25.3 Å². The molecule has 0 aliphatic heterocycles.